The number of aromatic nitrogens is 1. The van der Waals surface area contributed by atoms with E-state index >= 15 is 0 Å². The van der Waals surface area contributed by atoms with E-state index < -0.39 is 17.9 Å². The highest BCUT2D eigenvalue weighted by molar-refractivity contribution is 5.93. The van der Waals surface area contributed by atoms with Crippen LogP contribution in [0.2, 0.25) is 0 Å². The van der Waals surface area contributed by atoms with Gasteiger partial charge in [-0.1, -0.05) is 38.7 Å². The van der Waals surface area contributed by atoms with Gasteiger partial charge in [0.1, 0.15) is 0 Å². The Balaban J connectivity index is 1.80. The predicted molar refractivity (Wildman–Crippen MR) is 116 cm³/mol. The molecule has 31 heavy (non-hydrogen) atoms. The van der Waals surface area contributed by atoms with Gasteiger partial charge in [-0.05, 0) is 49.7 Å². The van der Waals surface area contributed by atoms with Crippen molar-refractivity contribution in [1.82, 2.24) is 15.4 Å². The molecule has 2 fully saturated rings. The van der Waals surface area contributed by atoms with E-state index in [1.54, 1.807) is 16.6 Å². The zero-order chi connectivity index (χ0) is 22.4. The SMILES string of the molecule is CCCC[C@H](CC(=O)NO)C(=O)N1CC2(CCCC2)C[C@H]1C(=O)Cc1ccc(C)cn1. The summed E-state index contributed by atoms with van der Waals surface area (Å²) in [6, 6.07) is 3.35. The van der Waals surface area contributed by atoms with Crippen LogP contribution in [0, 0.1) is 18.3 Å². The van der Waals surface area contributed by atoms with Crippen LogP contribution in [-0.4, -0.2) is 45.3 Å². The van der Waals surface area contributed by atoms with E-state index in [1.807, 2.05) is 26.0 Å². The first-order chi connectivity index (χ1) is 14.9. The van der Waals surface area contributed by atoms with Crippen molar-refractivity contribution in [3.8, 4) is 0 Å². The summed E-state index contributed by atoms with van der Waals surface area (Å²) in [7, 11) is 0. The maximum atomic E-state index is 13.6. The summed E-state index contributed by atoms with van der Waals surface area (Å²) in [5.41, 5.74) is 3.43. The Morgan fingerprint density at radius 3 is 2.65 bits per heavy atom. The number of carbonyl (C=O) groups is 3. The summed E-state index contributed by atoms with van der Waals surface area (Å²) >= 11 is 0. The van der Waals surface area contributed by atoms with Gasteiger partial charge in [0.2, 0.25) is 11.8 Å². The quantitative estimate of drug-likeness (QED) is 0.463. The number of nitrogens with one attached hydrogen (secondary N) is 1. The second-order valence-corrected chi connectivity index (χ2v) is 9.44. The largest absolute Gasteiger partial charge is 0.332 e. The lowest BCUT2D eigenvalue weighted by Gasteiger charge is -2.29. The molecule has 2 aliphatic rings. The molecule has 0 unspecified atom stereocenters. The van der Waals surface area contributed by atoms with Crippen molar-refractivity contribution in [2.24, 2.45) is 11.3 Å². The molecule has 2 N–H and O–H groups in total. The minimum atomic E-state index is -0.559. The topological polar surface area (TPSA) is 99.6 Å². The first kappa shape index (κ1) is 23.4. The Morgan fingerprint density at radius 2 is 2.03 bits per heavy atom. The Kier molecular flexibility index (Phi) is 7.81. The van der Waals surface area contributed by atoms with Crippen LogP contribution >= 0.6 is 0 Å². The highest BCUT2D eigenvalue weighted by Gasteiger charge is 2.50. The number of pyridine rings is 1. The predicted octanol–water partition coefficient (Wildman–Crippen LogP) is 3.36. The first-order valence-electron chi connectivity index (χ1n) is 11.5. The van der Waals surface area contributed by atoms with Gasteiger partial charge in [0.25, 0.3) is 0 Å². The van der Waals surface area contributed by atoms with Crippen molar-refractivity contribution < 1.29 is 19.6 Å². The van der Waals surface area contributed by atoms with Gasteiger partial charge < -0.3 is 4.90 Å². The Labute approximate surface area is 184 Å². The van der Waals surface area contributed by atoms with Crippen molar-refractivity contribution >= 4 is 17.6 Å². The molecule has 0 bridgehead atoms. The van der Waals surface area contributed by atoms with E-state index in [-0.39, 0.29) is 29.9 Å². The zero-order valence-corrected chi connectivity index (χ0v) is 18.7. The highest BCUT2D eigenvalue weighted by Crippen LogP contribution is 2.48. The summed E-state index contributed by atoms with van der Waals surface area (Å²) in [6.45, 7) is 4.59. The number of unbranched alkanes of at least 4 members (excludes halogenated alkanes) is 1. The fourth-order valence-electron chi connectivity index (χ4n) is 5.23. The molecule has 1 aliphatic carbocycles. The van der Waals surface area contributed by atoms with Gasteiger partial charge >= 0.3 is 0 Å². The minimum Gasteiger partial charge on any atom is -0.332 e. The molecule has 1 aromatic heterocycles. The second kappa shape index (κ2) is 10.4. The van der Waals surface area contributed by atoms with E-state index in [0.29, 0.717) is 19.4 Å². The lowest BCUT2D eigenvalue weighted by atomic mass is 9.83. The fraction of sp³-hybridized carbons (Fsp3) is 0.667. The van der Waals surface area contributed by atoms with Crippen LogP contribution in [0.25, 0.3) is 0 Å². The fourth-order valence-corrected chi connectivity index (χ4v) is 5.23. The number of nitrogens with zero attached hydrogens (tertiary/aromatic N) is 2. The summed E-state index contributed by atoms with van der Waals surface area (Å²) < 4.78 is 0. The highest BCUT2D eigenvalue weighted by atomic mass is 16.5. The smallest absolute Gasteiger partial charge is 0.244 e. The number of hydrogen-bond acceptors (Lipinski definition) is 5. The molecule has 2 heterocycles. The third-order valence-electron chi connectivity index (χ3n) is 6.97. The lowest BCUT2D eigenvalue weighted by molar-refractivity contribution is -0.144. The molecule has 2 atom stereocenters. The van der Waals surface area contributed by atoms with Crippen LogP contribution in [0.4, 0.5) is 0 Å². The molecule has 0 radical (unpaired) electrons. The van der Waals surface area contributed by atoms with Crippen molar-refractivity contribution in [2.45, 2.75) is 84.1 Å². The maximum Gasteiger partial charge on any atom is 0.244 e. The molecule has 1 saturated carbocycles. The number of hydrogen-bond donors (Lipinski definition) is 2. The van der Waals surface area contributed by atoms with Gasteiger partial charge in [-0.2, -0.15) is 0 Å². The van der Waals surface area contributed by atoms with Gasteiger partial charge in [-0.3, -0.25) is 24.6 Å². The van der Waals surface area contributed by atoms with E-state index in [1.165, 1.54) is 0 Å². The van der Waals surface area contributed by atoms with Gasteiger partial charge in [0.15, 0.2) is 5.78 Å². The number of carbonyl (C=O) groups excluding carboxylic acids is 3. The third kappa shape index (κ3) is 5.70. The van der Waals surface area contributed by atoms with Crippen LogP contribution in [0.5, 0.6) is 0 Å². The third-order valence-corrected chi connectivity index (χ3v) is 6.97. The van der Waals surface area contributed by atoms with Gasteiger partial charge in [-0.25, -0.2) is 5.48 Å². The molecule has 1 aromatic rings. The van der Waals surface area contributed by atoms with Crippen molar-refractivity contribution in [1.29, 1.82) is 0 Å². The number of likely N-dealkylation sites (tertiary alicyclic amines) is 1. The van der Waals surface area contributed by atoms with Crippen LogP contribution in [0.15, 0.2) is 18.3 Å². The standard InChI is InChI=1S/C24H35N3O4/c1-3-4-7-18(12-22(29)26-31)23(30)27-16-24(10-5-6-11-24)14-20(27)21(28)13-19-9-8-17(2)15-25-19/h8-9,15,18,20,31H,3-7,10-14,16H2,1-2H3,(H,26,29)/t18-,20+/m1/s1. The van der Waals surface area contributed by atoms with Crippen LogP contribution in [-0.2, 0) is 20.8 Å². The molecule has 1 spiro atoms. The molecule has 7 heteroatoms. The number of hydroxylamine groups is 1. The van der Waals surface area contributed by atoms with Gasteiger partial charge in [0.05, 0.1) is 12.5 Å². The summed E-state index contributed by atoms with van der Waals surface area (Å²) in [6.07, 6.45) is 9.27. The molecule has 1 saturated heterocycles. The van der Waals surface area contributed by atoms with Gasteiger partial charge in [0, 0.05) is 30.8 Å². The van der Waals surface area contributed by atoms with Crippen molar-refractivity contribution in [2.75, 3.05) is 6.54 Å². The lowest BCUT2D eigenvalue weighted by Crippen LogP contribution is -2.45. The number of ketones is 1. The normalized spacial score (nSPS) is 20.7. The molecule has 3 rings (SSSR count). The monoisotopic (exact) mass is 429 g/mol. The van der Waals surface area contributed by atoms with E-state index in [0.717, 1.165) is 49.8 Å². The van der Waals surface area contributed by atoms with E-state index in [4.69, 9.17) is 5.21 Å². The number of aryl methyl sites for hydroxylation is 1. The molecule has 0 aromatic carbocycles. The average molecular weight is 430 g/mol. The van der Waals surface area contributed by atoms with Crippen molar-refractivity contribution in [3.05, 3.63) is 29.6 Å². The van der Waals surface area contributed by atoms with Crippen LogP contribution in [0.3, 0.4) is 0 Å². The molecule has 2 amide bonds. The Morgan fingerprint density at radius 1 is 1.29 bits per heavy atom. The van der Waals surface area contributed by atoms with E-state index in [9.17, 15) is 14.4 Å². The molecule has 1 aliphatic heterocycles. The first-order valence-corrected chi connectivity index (χ1v) is 11.5. The molecular weight excluding hydrogens is 394 g/mol. The number of Topliss-reactive ketones (excluding diaryl/α,β-unsaturated/α-hetero) is 1. The maximum absolute atomic E-state index is 13.6. The minimum absolute atomic E-state index is 0.0191. The van der Waals surface area contributed by atoms with Gasteiger partial charge in [-0.15, -0.1) is 0 Å². The summed E-state index contributed by atoms with van der Waals surface area (Å²) in [5.74, 6) is -1.18. The average Bonchev–Trinajstić information content (AvgIpc) is 3.39. The number of amides is 2. The van der Waals surface area contributed by atoms with E-state index in [2.05, 4.69) is 4.98 Å². The summed E-state index contributed by atoms with van der Waals surface area (Å²) in [5, 5.41) is 8.96. The molecular formula is C24H35N3O4. The van der Waals surface area contributed by atoms with Crippen LogP contribution in [0.1, 0.15) is 76.0 Å². The van der Waals surface area contributed by atoms with Crippen molar-refractivity contribution in [3.63, 3.8) is 0 Å². The Bertz CT molecular complexity index is 787. The second-order valence-electron chi connectivity index (χ2n) is 9.44. The summed E-state index contributed by atoms with van der Waals surface area (Å²) in [4.78, 5) is 44.8. The molecule has 7 nitrogen and oxygen atoms in total. The van der Waals surface area contributed by atoms with Crippen LogP contribution < -0.4 is 5.48 Å². The molecule has 170 valence electrons. The number of rotatable bonds is 9. The zero-order valence-electron chi connectivity index (χ0n) is 18.7. The Hall–Kier alpha value is -2.28.